The van der Waals surface area contributed by atoms with Crippen molar-refractivity contribution in [2.24, 2.45) is 0 Å². The van der Waals surface area contributed by atoms with Crippen molar-refractivity contribution in [3.05, 3.63) is 0 Å². The van der Waals surface area contributed by atoms with Gasteiger partial charge in [0.05, 0.1) is 12.1 Å². The summed E-state index contributed by atoms with van der Waals surface area (Å²) in [6.07, 6.45) is 9.08. The van der Waals surface area contributed by atoms with Crippen LogP contribution in [0.4, 0.5) is 4.79 Å². The summed E-state index contributed by atoms with van der Waals surface area (Å²) in [7, 11) is 6.37. The molecule has 2 rings (SSSR count). The van der Waals surface area contributed by atoms with Crippen molar-refractivity contribution < 1.29 is 14.4 Å². The first-order valence-corrected chi connectivity index (χ1v) is 14.5. The lowest BCUT2D eigenvalue weighted by atomic mass is 10.0. The van der Waals surface area contributed by atoms with Crippen LogP contribution in [0.25, 0.3) is 0 Å². The maximum Gasteiger partial charge on any atom is 0.315 e. The van der Waals surface area contributed by atoms with Gasteiger partial charge in [0, 0.05) is 36.9 Å². The van der Waals surface area contributed by atoms with E-state index in [9.17, 15) is 14.4 Å². The zero-order valence-electron chi connectivity index (χ0n) is 22.1. The van der Waals surface area contributed by atoms with Gasteiger partial charge in [-0.15, -0.1) is 0 Å². The van der Waals surface area contributed by atoms with Crippen molar-refractivity contribution in [2.45, 2.75) is 81.5 Å². The molecule has 2 fully saturated rings. The Kier molecular flexibility index (Phi) is 14.5. The Morgan fingerprint density at radius 3 is 2.20 bits per heavy atom. The number of unbranched alkanes of at least 4 members (excludes halogenated alkanes) is 3. The molecule has 0 aromatic heterocycles. The van der Waals surface area contributed by atoms with Crippen LogP contribution in [0.15, 0.2) is 0 Å². The van der Waals surface area contributed by atoms with Crippen LogP contribution in [0.2, 0.25) is 0 Å². The summed E-state index contributed by atoms with van der Waals surface area (Å²) in [5, 5.41) is 12.3. The quantitative estimate of drug-likeness (QED) is 0.155. The van der Waals surface area contributed by atoms with Crippen molar-refractivity contribution >= 4 is 29.6 Å². The largest absolute Gasteiger partial charge is 0.356 e. The molecule has 10 heteroatoms. The lowest BCUT2D eigenvalue weighted by Crippen LogP contribution is -2.36. The molecule has 2 aliphatic heterocycles. The second kappa shape index (κ2) is 17.0. The van der Waals surface area contributed by atoms with Gasteiger partial charge in [-0.3, -0.25) is 9.59 Å². The smallest absolute Gasteiger partial charge is 0.315 e. The minimum Gasteiger partial charge on any atom is -0.356 e. The molecule has 0 saturated carbocycles. The highest BCUT2D eigenvalue weighted by Gasteiger charge is 2.42. The Balaban J connectivity index is 1.35. The summed E-state index contributed by atoms with van der Waals surface area (Å²) in [6, 6.07) is 0.448. The molecule has 2 saturated heterocycles. The number of nitrogens with zero attached hydrogens (tertiary/aromatic N) is 2. The van der Waals surface area contributed by atoms with Crippen molar-refractivity contribution in [2.75, 3.05) is 59.6 Å². The average Bonchev–Trinajstić information content (AvgIpc) is 3.35. The van der Waals surface area contributed by atoms with Gasteiger partial charge in [0.1, 0.15) is 0 Å². The summed E-state index contributed by atoms with van der Waals surface area (Å²) in [6.45, 7) is 4.53. The second-order valence-corrected chi connectivity index (χ2v) is 11.5. The zero-order chi connectivity index (χ0) is 25.5. The minimum atomic E-state index is -0.0500. The van der Waals surface area contributed by atoms with E-state index in [2.05, 4.69) is 52.2 Å². The Hall–Kier alpha value is -1.52. The maximum absolute atomic E-state index is 12.0. The predicted molar refractivity (Wildman–Crippen MR) is 144 cm³/mol. The Morgan fingerprint density at radius 2 is 1.51 bits per heavy atom. The van der Waals surface area contributed by atoms with Gasteiger partial charge < -0.3 is 31.1 Å². The number of hydrogen-bond donors (Lipinski definition) is 4. The molecular weight excluding hydrogens is 464 g/mol. The van der Waals surface area contributed by atoms with Crippen LogP contribution in [0.1, 0.15) is 64.2 Å². The molecule has 0 bridgehead atoms. The number of urea groups is 1. The first kappa shape index (κ1) is 29.7. The molecule has 0 radical (unpaired) electrons. The molecule has 0 aromatic rings. The van der Waals surface area contributed by atoms with E-state index in [0.717, 1.165) is 70.3 Å². The molecule has 35 heavy (non-hydrogen) atoms. The van der Waals surface area contributed by atoms with Gasteiger partial charge in [-0.2, -0.15) is 11.8 Å². The molecule has 4 amide bonds. The normalized spacial score (nSPS) is 21.2. The van der Waals surface area contributed by atoms with E-state index in [4.69, 9.17) is 0 Å². The Morgan fingerprint density at radius 1 is 0.857 bits per heavy atom. The minimum absolute atomic E-state index is 0.0500. The zero-order valence-corrected chi connectivity index (χ0v) is 22.9. The van der Waals surface area contributed by atoms with Crippen LogP contribution < -0.4 is 21.3 Å². The second-order valence-electron chi connectivity index (χ2n) is 10.2. The van der Waals surface area contributed by atoms with E-state index >= 15 is 0 Å². The highest BCUT2D eigenvalue weighted by atomic mass is 32.2. The molecule has 0 spiro atoms. The van der Waals surface area contributed by atoms with Gasteiger partial charge in [0.15, 0.2) is 0 Å². The first-order chi connectivity index (χ1) is 16.8. The van der Waals surface area contributed by atoms with E-state index in [1.54, 1.807) is 0 Å². The number of carbonyl (C=O) groups is 3. The third-order valence-electron chi connectivity index (χ3n) is 6.67. The number of nitrogens with one attached hydrogen (secondary N) is 4. The fourth-order valence-corrected chi connectivity index (χ4v) is 6.15. The van der Waals surface area contributed by atoms with E-state index in [0.29, 0.717) is 31.2 Å². The highest BCUT2D eigenvalue weighted by molar-refractivity contribution is 8.00. The Bertz CT molecular complexity index is 651. The van der Waals surface area contributed by atoms with Gasteiger partial charge in [0.2, 0.25) is 11.8 Å². The molecule has 9 nitrogen and oxygen atoms in total. The third-order valence-corrected chi connectivity index (χ3v) is 8.18. The van der Waals surface area contributed by atoms with Gasteiger partial charge >= 0.3 is 6.03 Å². The molecule has 3 unspecified atom stereocenters. The van der Waals surface area contributed by atoms with Gasteiger partial charge in [-0.1, -0.05) is 12.8 Å². The first-order valence-electron chi connectivity index (χ1n) is 13.4. The van der Waals surface area contributed by atoms with E-state index in [-0.39, 0.29) is 29.9 Å². The Labute approximate surface area is 216 Å². The van der Waals surface area contributed by atoms with Crippen molar-refractivity contribution in [3.8, 4) is 0 Å². The number of rotatable bonds is 19. The number of hydrogen-bond acceptors (Lipinski definition) is 6. The summed E-state index contributed by atoms with van der Waals surface area (Å²) in [4.78, 5) is 40.0. The predicted octanol–water partition coefficient (Wildman–Crippen LogP) is 1.78. The van der Waals surface area contributed by atoms with Gasteiger partial charge in [-0.05, 0) is 79.3 Å². The van der Waals surface area contributed by atoms with Crippen molar-refractivity contribution in [1.29, 1.82) is 0 Å². The monoisotopic (exact) mass is 512 g/mol. The number of thioether (sulfide) groups is 1. The van der Waals surface area contributed by atoms with E-state index in [1.165, 1.54) is 6.42 Å². The van der Waals surface area contributed by atoms with Crippen LogP contribution in [-0.4, -0.2) is 105 Å². The summed E-state index contributed by atoms with van der Waals surface area (Å²) in [5.74, 6) is 1.16. The van der Waals surface area contributed by atoms with Gasteiger partial charge in [-0.25, -0.2) is 4.79 Å². The molecule has 2 heterocycles. The summed E-state index contributed by atoms with van der Waals surface area (Å²) < 4.78 is 0. The topological polar surface area (TPSA) is 106 Å². The van der Waals surface area contributed by atoms with Crippen LogP contribution in [0, 0.1) is 0 Å². The van der Waals surface area contributed by atoms with Crippen LogP contribution in [0.5, 0.6) is 0 Å². The molecule has 2 aliphatic rings. The molecule has 3 atom stereocenters. The van der Waals surface area contributed by atoms with E-state index < -0.39 is 0 Å². The molecule has 0 aliphatic carbocycles. The number of carbonyl (C=O) groups excluding carboxylic acids is 3. The van der Waals surface area contributed by atoms with Crippen molar-refractivity contribution in [1.82, 2.24) is 31.1 Å². The molecule has 202 valence electrons. The highest BCUT2D eigenvalue weighted by Crippen LogP contribution is 2.33. The molecular formula is C25H48N6O3S. The number of fused-ring (bicyclic) bond motifs is 1. The molecule has 4 N–H and O–H groups in total. The lowest BCUT2D eigenvalue weighted by molar-refractivity contribution is -0.121. The third kappa shape index (κ3) is 12.8. The summed E-state index contributed by atoms with van der Waals surface area (Å²) >= 11 is 1.91. The maximum atomic E-state index is 12.0. The van der Waals surface area contributed by atoms with Crippen LogP contribution in [-0.2, 0) is 9.59 Å². The number of amides is 4. The van der Waals surface area contributed by atoms with Crippen LogP contribution in [0.3, 0.4) is 0 Å². The van der Waals surface area contributed by atoms with Crippen molar-refractivity contribution in [3.63, 3.8) is 0 Å². The average molecular weight is 513 g/mol. The lowest BCUT2D eigenvalue weighted by Gasteiger charge is -2.17. The van der Waals surface area contributed by atoms with E-state index in [1.807, 2.05) is 11.8 Å². The van der Waals surface area contributed by atoms with Gasteiger partial charge in [0.25, 0.3) is 0 Å². The fraction of sp³-hybridized carbons (Fsp3) is 0.880. The summed E-state index contributed by atoms with van der Waals surface area (Å²) in [5.41, 5.74) is 0. The fourth-order valence-electron chi connectivity index (χ4n) is 4.61. The standard InChI is InChI=1S/C25H48N6O3S/c1-30(2)16-10-18-31(3)17-8-4-5-12-22(32)26-14-9-15-27-23(33)13-7-6-11-21-24-20(19-35-21)28-25(34)29-24/h20-21,24H,4-19H2,1-3H3,(H,26,32)(H,27,33)(H2,28,29,34). The van der Waals surface area contributed by atoms with Crippen LogP contribution >= 0.6 is 11.8 Å². The SMILES string of the molecule is CN(C)CCCN(C)CCCCCC(=O)NCCCNC(=O)CCCCC1SCC2NC(=O)NC21. The molecule has 0 aromatic carbocycles.